The van der Waals surface area contributed by atoms with Gasteiger partial charge in [0.15, 0.2) is 0 Å². The Morgan fingerprint density at radius 2 is 1.96 bits per heavy atom. The molecule has 0 radical (unpaired) electrons. The number of benzene rings is 1. The molecule has 1 aromatic rings. The van der Waals surface area contributed by atoms with Crippen molar-refractivity contribution < 1.29 is 24.2 Å². The molecular weight excluding hydrogens is 298 g/mol. The van der Waals surface area contributed by atoms with Gasteiger partial charge in [-0.05, 0) is 38.8 Å². The summed E-state index contributed by atoms with van der Waals surface area (Å²) in [5, 5.41) is 9.29. The van der Waals surface area contributed by atoms with Crippen LogP contribution in [0.25, 0.3) is 0 Å². The summed E-state index contributed by atoms with van der Waals surface area (Å²) in [5.41, 5.74) is 0.341. The summed E-state index contributed by atoms with van der Waals surface area (Å²) in [7, 11) is 0. The fourth-order valence-corrected chi connectivity index (χ4v) is 2.50. The Labute approximate surface area is 136 Å². The topological polar surface area (TPSA) is 76.1 Å². The molecule has 1 saturated heterocycles. The molecule has 0 saturated carbocycles. The average Bonchev–Trinajstić information content (AvgIpc) is 2.71. The van der Waals surface area contributed by atoms with Crippen LogP contribution in [0.3, 0.4) is 0 Å². The summed E-state index contributed by atoms with van der Waals surface area (Å²) in [6.45, 7) is 6.72. The Bertz CT molecular complexity index is 579. The van der Waals surface area contributed by atoms with E-state index in [1.165, 1.54) is 0 Å². The maximum absolute atomic E-state index is 12.1. The van der Waals surface area contributed by atoms with E-state index < -0.39 is 11.6 Å². The maximum Gasteiger partial charge on any atom is 0.410 e. The van der Waals surface area contributed by atoms with Crippen molar-refractivity contribution in [1.82, 2.24) is 4.90 Å². The van der Waals surface area contributed by atoms with Crippen molar-refractivity contribution >= 4 is 12.1 Å². The van der Waals surface area contributed by atoms with E-state index in [0.29, 0.717) is 31.7 Å². The largest absolute Gasteiger partial charge is 0.478 e. The van der Waals surface area contributed by atoms with Crippen LogP contribution >= 0.6 is 0 Å². The van der Waals surface area contributed by atoms with Gasteiger partial charge in [-0.25, -0.2) is 9.59 Å². The zero-order valence-electron chi connectivity index (χ0n) is 13.7. The van der Waals surface area contributed by atoms with E-state index in [2.05, 4.69) is 0 Å². The predicted octanol–water partition coefficient (Wildman–Crippen LogP) is 3.08. The standard InChI is InChI=1S/C17H23NO5/c1-17(2,3)23-16(21)18-9-8-14(22-11-10-18)12-6-4-5-7-13(12)15(19)20/h4-7,14H,8-11H2,1-3H3,(H,19,20)/t14-/m0/s1. The van der Waals surface area contributed by atoms with Gasteiger partial charge in [-0.15, -0.1) is 0 Å². The Kier molecular flexibility index (Phi) is 5.26. The summed E-state index contributed by atoms with van der Waals surface area (Å²) >= 11 is 0. The van der Waals surface area contributed by atoms with E-state index in [1.807, 2.05) is 20.8 Å². The van der Waals surface area contributed by atoms with Crippen molar-refractivity contribution in [3.05, 3.63) is 35.4 Å². The van der Waals surface area contributed by atoms with Gasteiger partial charge in [0.1, 0.15) is 5.60 Å². The van der Waals surface area contributed by atoms with E-state index in [0.717, 1.165) is 0 Å². The molecule has 2 rings (SSSR count). The second-order valence-corrected chi connectivity index (χ2v) is 6.51. The summed E-state index contributed by atoms with van der Waals surface area (Å²) in [6.07, 6.45) is -0.174. The number of hydrogen-bond acceptors (Lipinski definition) is 4. The van der Waals surface area contributed by atoms with Gasteiger partial charge in [-0.1, -0.05) is 18.2 Å². The highest BCUT2D eigenvalue weighted by Gasteiger charge is 2.27. The lowest BCUT2D eigenvalue weighted by molar-refractivity contribution is 0.0231. The molecule has 1 aliphatic rings. The van der Waals surface area contributed by atoms with Gasteiger partial charge >= 0.3 is 12.1 Å². The normalized spacial score (nSPS) is 19.1. The van der Waals surface area contributed by atoms with Gasteiger partial charge in [0.05, 0.1) is 18.3 Å². The fraction of sp³-hybridized carbons (Fsp3) is 0.529. The molecule has 1 heterocycles. The monoisotopic (exact) mass is 321 g/mol. The first kappa shape index (κ1) is 17.3. The Morgan fingerprint density at radius 1 is 1.26 bits per heavy atom. The first-order valence-corrected chi connectivity index (χ1v) is 7.69. The molecular formula is C17H23NO5. The number of nitrogens with zero attached hydrogens (tertiary/aromatic N) is 1. The van der Waals surface area contributed by atoms with Crippen molar-refractivity contribution in [3.63, 3.8) is 0 Å². The molecule has 126 valence electrons. The van der Waals surface area contributed by atoms with Crippen LogP contribution in [0.15, 0.2) is 24.3 Å². The summed E-state index contributed by atoms with van der Waals surface area (Å²) in [6, 6.07) is 6.81. The van der Waals surface area contributed by atoms with Gasteiger partial charge in [0.2, 0.25) is 0 Å². The van der Waals surface area contributed by atoms with Gasteiger partial charge < -0.3 is 19.5 Å². The lowest BCUT2D eigenvalue weighted by Gasteiger charge is -2.26. The van der Waals surface area contributed by atoms with E-state index in [-0.39, 0.29) is 17.8 Å². The van der Waals surface area contributed by atoms with E-state index >= 15 is 0 Å². The number of carbonyl (C=O) groups is 2. The van der Waals surface area contributed by atoms with Crippen LogP contribution in [0.4, 0.5) is 4.79 Å². The Morgan fingerprint density at radius 3 is 2.61 bits per heavy atom. The molecule has 1 atom stereocenters. The zero-order valence-corrected chi connectivity index (χ0v) is 13.7. The zero-order chi connectivity index (χ0) is 17.0. The van der Waals surface area contributed by atoms with Crippen LogP contribution < -0.4 is 0 Å². The van der Waals surface area contributed by atoms with Crippen molar-refractivity contribution in [2.24, 2.45) is 0 Å². The van der Waals surface area contributed by atoms with Crippen molar-refractivity contribution in [2.75, 3.05) is 19.7 Å². The number of ether oxygens (including phenoxy) is 2. The second kappa shape index (κ2) is 7.00. The minimum Gasteiger partial charge on any atom is -0.478 e. The van der Waals surface area contributed by atoms with Crippen molar-refractivity contribution in [3.8, 4) is 0 Å². The van der Waals surface area contributed by atoms with Crippen molar-refractivity contribution in [1.29, 1.82) is 0 Å². The molecule has 1 aromatic carbocycles. The number of aromatic carboxylic acids is 1. The Balaban J connectivity index is 2.07. The molecule has 6 heteroatoms. The first-order chi connectivity index (χ1) is 10.8. The van der Waals surface area contributed by atoms with Gasteiger partial charge in [-0.2, -0.15) is 0 Å². The highest BCUT2D eigenvalue weighted by atomic mass is 16.6. The number of rotatable bonds is 2. The maximum atomic E-state index is 12.1. The first-order valence-electron chi connectivity index (χ1n) is 7.69. The van der Waals surface area contributed by atoms with E-state index in [1.54, 1.807) is 29.2 Å². The SMILES string of the molecule is CC(C)(C)OC(=O)N1CCO[C@H](c2ccccc2C(=O)O)CC1. The molecule has 1 fully saturated rings. The molecule has 1 N–H and O–H groups in total. The molecule has 6 nitrogen and oxygen atoms in total. The summed E-state index contributed by atoms with van der Waals surface area (Å²) < 4.78 is 11.2. The number of carboxylic acids is 1. The van der Waals surface area contributed by atoms with Crippen molar-refractivity contribution in [2.45, 2.75) is 38.9 Å². The number of amides is 1. The van der Waals surface area contributed by atoms with Crippen LogP contribution in [0.2, 0.25) is 0 Å². The van der Waals surface area contributed by atoms with E-state index in [4.69, 9.17) is 9.47 Å². The van der Waals surface area contributed by atoms with Crippen LogP contribution in [-0.2, 0) is 9.47 Å². The molecule has 23 heavy (non-hydrogen) atoms. The molecule has 1 amide bonds. The third kappa shape index (κ3) is 4.69. The quantitative estimate of drug-likeness (QED) is 0.906. The Hall–Kier alpha value is -2.08. The molecule has 0 aliphatic carbocycles. The number of carbonyl (C=O) groups excluding carboxylic acids is 1. The number of carboxylic acid groups (broad SMARTS) is 1. The summed E-state index contributed by atoms with van der Waals surface area (Å²) in [4.78, 5) is 25.1. The van der Waals surface area contributed by atoms with Crippen LogP contribution in [0.5, 0.6) is 0 Å². The minimum absolute atomic E-state index is 0.239. The predicted molar refractivity (Wildman–Crippen MR) is 84.5 cm³/mol. The average molecular weight is 321 g/mol. The molecule has 0 spiro atoms. The third-order valence-electron chi connectivity index (χ3n) is 3.53. The van der Waals surface area contributed by atoms with Crippen LogP contribution in [0.1, 0.15) is 49.2 Å². The van der Waals surface area contributed by atoms with Gasteiger partial charge in [0, 0.05) is 13.1 Å². The smallest absolute Gasteiger partial charge is 0.410 e. The lowest BCUT2D eigenvalue weighted by Crippen LogP contribution is -2.38. The van der Waals surface area contributed by atoms with Gasteiger partial charge in [0.25, 0.3) is 0 Å². The highest BCUT2D eigenvalue weighted by molar-refractivity contribution is 5.89. The van der Waals surface area contributed by atoms with Crippen LogP contribution in [0, 0.1) is 0 Å². The molecule has 0 unspecified atom stereocenters. The fourth-order valence-electron chi connectivity index (χ4n) is 2.50. The molecule has 1 aliphatic heterocycles. The molecule has 0 aromatic heterocycles. The lowest BCUT2D eigenvalue weighted by atomic mass is 10.00. The minimum atomic E-state index is -0.975. The van der Waals surface area contributed by atoms with Gasteiger partial charge in [-0.3, -0.25) is 0 Å². The highest BCUT2D eigenvalue weighted by Crippen LogP contribution is 2.27. The second-order valence-electron chi connectivity index (χ2n) is 6.51. The number of hydrogen-bond donors (Lipinski definition) is 1. The molecule has 0 bridgehead atoms. The van der Waals surface area contributed by atoms with E-state index in [9.17, 15) is 14.7 Å². The summed E-state index contributed by atoms with van der Waals surface area (Å²) in [5.74, 6) is -0.975. The van der Waals surface area contributed by atoms with Crippen LogP contribution in [-0.4, -0.2) is 47.4 Å². The third-order valence-corrected chi connectivity index (χ3v) is 3.53.